The van der Waals surface area contributed by atoms with Crippen LogP contribution in [0.15, 0.2) is 24.7 Å². The molecule has 0 radical (unpaired) electrons. The van der Waals surface area contributed by atoms with Crippen molar-refractivity contribution >= 4 is 17.2 Å². The first-order valence-electron chi connectivity index (χ1n) is 6.39. The van der Waals surface area contributed by atoms with Gasteiger partial charge in [-0.15, -0.1) is 10.2 Å². The van der Waals surface area contributed by atoms with Crippen LogP contribution >= 0.6 is 0 Å². The molecule has 6 heteroatoms. The van der Waals surface area contributed by atoms with Crippen LogP contribution in [0.4, 0.5) is 5.69 Å². The molecule has 3 unspecified atom stereocenters. The molecule has 2 aromatic rings. The summed E-state index contributed by atoms with van der Waals surface area (Å²) in [5.41, 5.74) is 1.46. The molecule has 1 aliphatic rings. The minimum atomic E-state index is -0.360. The Labute approximate surface area is 110 Å². The first kappa shape index (κ1) is 12.1. The van der Waals surface area contributed by atoms with Crippen LogP contribution in [0.5, 0.6) is 0 Å². The van der Waals surface area contributed by atoms with Crippen molar-refractivity contribution in [3.8, 4) is 0 Å². The van der Waals surface area contributed by atoms with Crippen molar-refractivity contribution in [2.45, 2.75) is 32.5 Å². The Morgan fingerprint density at radius 2 is 2.32 bits per heavy atom. The summed E-state index contributed by atoms with van der Waals surface area (Å²) in [6.45, 7) is 4.10. The lowest BCUT2D eigenvalue weighted by Crippen LogP contribution is -2.27. The predicted molar refractivity (Wildman–Crippen MR) is 69.7 cm³/mol. The van der Waals surface area contributed by atoms with E-state index in [-0.39, 0.29) is 18.1 Å². The number of carbonyl (C=O) groups excluding carboxylic acids is 1. The smallest absolute Gasteiger partial charge is 0.253 e. The molecule has 1 aliphatic heterocycles. The topological polar surface area (TPSA) is 68.5 Å². The van der Waals surface area contributed by atoms with Crippen LogP contribution < -0.4 is 5.32 Å². The Hall–Kier alpha value is -1.95. The number of aromatic nitrogens is 3. The maximum Gasteiger partial charge on any atom is 0.253 e. The van der Waals surface area contributed by atoms with Gasteiger partial charge >= 0.3 is 0 Å². The molecule has 2 aromatic heterocycles. The zero-order valence-corrected chi connectivity index (χ0v) is 10.9. The van der Waals surface area contributed by atoms with E-state index in [9.17, 15) is 4.79 Å². The van der Waals surface area contributed by atoms with Crippen LogP contribution in [-0.4, -0.2) is 32.7 Å². The molecule has 19 heavy (non-hydrogen) atoms. The maximum absolute atomic E-state index is 12.1. The summed E-state index contributed by atoms with van der Waals surface area (Å²) in [4.78, 5) is 12.1. The number of anilines is 1. The number of fused-ring (bicyclic) bond motifs is 1. The molecule has 1 saturated heterocycles. The second-order valence-electron chi connectivity index (χ2n) is 5.05. The highest BCUT2D eigenvalue weighted by Gasteiger charge is 2.33. The van der Waals surface area contributed by atoms with Gasteiger partial charge in [0, 0.05) is 6.20 Å². The number of nitrogens with one attached hydrogen (secondary N) is 1. The third kappa shape index (κ3) is 2.31. The van der Waals surface area contributed by atoms with E-state index in [0.29, 0.717) is 11.6 Å². The fourth-order valence-corrected chi connectivity index (χ4v) is 2.27. The molecular weight excluding hydrogens is 244 g/mol. The van der Waals surface area contributed by atoms with Crippen LogP contribution in [0.25, 0.3) is 5.65 Å². The zero-order valence-electron chi connectivity index (χ0n) is 10.9. The molecule has 1 N–H and O–H groups in total. The SMILES string of the molecule is CC1CC(C(=O)Nc2ccc3nncn3c2)OC1C. The summed E-state index contributed by atoms with van der Waals surface area (Å²) in [6.07, 6.45) is 3.93. The van der Waals surface area contributed by atoms with Crippen LogP contribution in [0, 0.1) is 5.92 Å². The van der Waals surface area contributed by atoms with Crippen molar-refractivity contribution in [3.63, 3.8) is 0 Å². The molecular formula is C13H16N4O2. The van der Waals surface area contributed by atoms with E-state index in [1.165, 1.54) is 0 Å². The number of nitrogens with zero attached hydrogens (tertiary/aromatic N) is 3. The summed E-state index contributed by atoms with van der Waals surface area (Å²) in [6, 6.07) is 3.62. The second-order valence-corrected chi connectivity index (χ2v) is 5.05. The van der Waals surface area contributed by atoms with Gasteiger partial charge in [-0.2, -0.15) is 0 Å². The Morgan fingerprint density at radius 1 is 1.47 bits per heavy atom. The van der Waals surface area contributed by atoms with Crippen molar-refractivity contribution in [2.75, 3.05) is 5.32 Å². The standard InChI is InChI=1S/C13H16N4O2/c1-8-5-11(19-9(8)2)13(18)15-10-3-4-12-16-14-7-17(12)6-10/h3-4,6-9,11H,5H2,1-2H3,(H,15,18). The monoisotopic (exact) mass is 260 g/mol. The summed E-state index contributed by atoms with van der Waals surface area (Å²) in [5.74, 6) is 0.319. The molecule has 0 saturated carbocycles. The van der Waals surface area contributed by atoms with Crippen molar-refractivity contribution in [3.05, 3.63) is 24.7 Å². The van der Waals surface area contributed by atoms with Gasteiger partial charge in [-0.1, -0.05) is 6.92 Å². The molecule has 3 atom stereocenters. The highest BCUT2D eigenvalue weighted by atomic mass is 16.5. The van der Waals surface area contributed by atoms with Crippen molar-refractivity contribution in [2.24, 2.45) is 5.92 Å². The molecule has 100 valence electrons. The van der Waals surface area contributed by atoms with Crippen LogP contribution in [0.3, 0.4) is 0 Å². The van der Waals surface area contributed by atoms with Crippen LogP contribution in [0.1, 0.15) is 20.3 Å². The largest absolute Gasteiger partial charge is 0.365 e. The van der Waals surface area contributed by atoms with E-state index in [2.05, 4.69) is 22.4 Å². The normalized spacial score (nSPS) is 26.7. The molecule has 1 fully saturated rings. The molecule has 0 aliphatic carbocycles. The predicted octanol–water partition coefficient (Wildman–Crippen LogP) is 1.48. The van der Waals surface area contributed by atoms with E-state index in [0.717, 1.165) is 12.1 Å². The molecule has 3 heterocycles. The third-order valence-electron chi connectivity index (χ3n) is 3.62. The number of pyridine rings is 1. The van der Waals surface area contributed by atoms with E-state index < -0.39 is 0 Å². The van der Waals surface area contributed by atoms with E-state index in [1.54, 1.807) is 16.9 Å². The highest BCUT2D eigenvalue weighted by Crippen LogP contribution is 2.26. The quantitative estimate of drug-likeness (QED) is 0.888. The van der Waals surface area contributed by atoms with Crippen molar-refractivity contribution < 1.29 is 9.53 Å². The summed E-state index contributed by atoms with van der Waals surface area (Å²) in [7, 11) is 0. The number of hydrogen-bond donors (Lipinski definition) is 1. The van der Waals surface area contributed by atoms with Gasteiger partial charge in [-0.05, 0) is 31.4 Å². The van der Waals surface area contributed by atoms with Gasteiger partial charge in [-0.3, -0.25) is 9.20 Å². The van der Waals surface area contributed by atoms with Gasteiger partial charge in [0.25, 0.3) is 5.91 Å². The lowest BCUT2D eigenvalue weighted by Gasteiger charge is -2.11. The van der Waals surface area contributed by atoms with Gasteiger partial charge in [0.2, 0.25) is 0 Å². The molecule has 6 nitrogen and oxygen atoms in total. The number of rotatable bonds is 2. The average molecular weight is 260 g/mol. The first-order chi connectivity index (χ1) is 9.13. The fourth-order valence-electron chi connectivity index (χ4n) is 2.27. The lowest BCUT2D eigenvalue weighted by atomic mass is 10.0. The molecule has 3 rings (SSSR count). The van der Waals surface area contributed by atoms with E-state index in [1.807, 2.05) is 19.1 Å². The number of amides is 1. The zero-order chi connectivity index (χ0) is 13.4. The Morgan fingerprint density at radius 3 is 3.05 bits per heavy atom. The molecule has 0 spiro atoms. The molecule has 0 aromatic carbocycles. The van der Waals surface area contributed by atoms with Crippen molar-refractivity contribution in [1.82, 2.24) is 14.6 Å². The second kappa shape index (κ2) is 4.62. The number of carbonyl (C=O) groups is 1. The summed E-state index contributed by atoms with van der Waals surface area (Å²) < 4.78 is 7.40. The summed E-state index contributed by atoms with van der Waals surface area (Å²) in [5, 5.41) is 10.6. The van der Waals surface area contributed by atoms with Gasteiger partial charge in [0.1, 0.15) is 12.4 Å². The van der Waals surface area contributed by atoms with Crippen molar-refractivity contribution in [1.29, 1.82) is 0 Å². The molecule has 1 amide bonds. The minimum Gasteiger partial charge on any atom is -0.365 e. The van der Waals surface area contributed by atoms with Gasteiger partial charge < -0.3 is 10.1 Å². The fraction of sp³-hybridized carbons (Fsp3) is 0.462. The van der Waals surface area contributed by atoms with E-state index in [4.69, 9.17) is 4.74 Å². The Balaban J connectivity index is 1.72. The lowest BCUT2D eigenvalue weighted by molar-refractivity contribution is -0.126. The summed E-state index contributed by atoms with van der Waals surface area (Å²) >= 11 is 0. The Kier molecular flexibility index (Phi) is 2.94. The van der Waals surface area contributed by atoms with Gasteiger partial charge in [0.05, 0.1) is 11.8 Å². The number of ether oxygens (including phenoxy) is 1. The molecule has 0 bridgehead atoms. The maximum atomic E-state index is 12.1. The first-order valence-corrected chi connectivity index (χ1v) is 6.39. The van der Waals surface area contributed by atoms with Gasteiger partial charge in [-0.25, -0.2) is 0 Å². The van der Waals surface area contributed by atoms with Gasteiger partial charge in [0.15, 0.2) is 5.65 Å². The highest BCUT2D eigenvalue weighted by molar-refractivity contribution is 5.94. The van der Waals surface area contributed by atoms with Crippen LogP contribution in [0.2, 0.25) is 0 Å². The minimum absolute atomic E-state index is 0.0939. The third-order valence-corrected chi connectivity index (χ3v) is 3.62. The average Bonchev–Trinajstić information content (AvgIpc) is 2.96. The van der Waals surface area contributed by atoms with E-state index >= 15 is 0 Å². The number of hydrogen-bond acceptors (Lipinski definition) is 4. The Bertz CT molecular complexity index is 599. The van der Waals surface area contributed by atoms with Crippen LogP contribution in [-0.2, 0) is 9.53 Å².